The summed E-state index contributed by atoms with van der Waals surface area (Å²) in [6, 6.07) is 5.50. The Bertz CT molecular complexity index is 334. The molecule has 1 aromatic rings. The van der Waals surface area contributed by atoms with Crippen LogP contribution in [-0.2, 0) is 6.54 Å². The number of hydrogen-bond acceptors (Lipinski definition) is 2. The Balaban J connectivity index is 2.00. The van der Waals surface area contributed by atoms with Crippen LogP contribution >= 0.6 is 11.6 Å². The van der Waals surface area contributed by atoms with Gasteiger partial charge in [-0.25, -0.2) is 0 Å². The van der Waals surface area contributed by atoms with Crippen molar-refractivity contribution < 1.29 is 5.11 Å². The predicted octanol–water partition coefficient (Wildman–Crippen LogP) is 3.03. The minimum absolute atomic E-state index is 0.186. The van der Waals surface area contributed by atoms with Crippen LogP contribution in [0.25, 0.3) is 0 Å². The molecule has 3 heteroatoms. The molecule has 1 aliphatic rings. The molecule has 0 atom stereocenters. The van der Waals surface area contributed by atoms with Crippen molar-refractivity contribution in [1.29, 1.82) is 0 Å². The molecule has 1 N–H and O–H groups in total. The molecule has 15 heavy (non-hydrogen) atoms. The number of piperidine rings is 1. The SMILES string of the molecule is Oc1cc(CN2CCCCC2)ccc1Cl. The fourth-order valence-corrected chi connectivity index (χ4v) is 2.15. The molecule has 0 unspecified atom stereocenters. The molecule has 0 saturated carbocycles. The lowest BCUT2D eigenvalue weighted by molar-refractivity contribution is 0.220. The second-order valence-electron chi connectivity index (χ2n) is 4.12. The van der Waals surface area contributed by atoms with Crippen LogP contribution in [0.5, 0.6) is 5.75 Å². The van der Waals surface area contributed by atoms with E-state index >= 15 is 0 Å². The Morgan fingerprint density at radius 3 is 2.60 bits per heavy atom. The van der Waals surface area contributed by atoms with Gasteiger partial charge >= 0.3 is 0 Å². The molecule has 1 fully saturated rings. The van der Waals surface area contributed by atoms with E-state index in [1.165, 1.54) is 32.4 Å². The number of nitrogens with zero attached hydrogens (tertiary/aromatic N) is 1. The molecule has 0 aliphatic carbocycles. The first-order valence-electron chi connectivity index (χ1n) is 5.45. The molecule has 0 spiro atoms. The lowest BCUT2D eigenvalue weighted by Gasteiger charge is -2.26. The molecule has 2 nitrogen and oxygen atoms in total. The molecular formula is C12H16ClNO. The van der Waals surface area contributed by atoms with E-state index in [2.05, 4.69) is 4.90 Å². The summed E-state index contributed by atoms with van der Waals surface area (Å²) in [6.07, 6.45) is 3.93. The molecule has 2 rings (SSSR count). The van der Waals surface area contributed by atoms with E-state index in [0.29, 0.717) is 5.02 Å². The maximum absolute atomic E-state index is 9.48. The lowest BCUT2D eigenvalue weighted by atomic mass is 10.1. The van der Waals surface area contributed by atoms with Crippen molar-refractivity contribution >= 4 is 11.6 Å². The van der Waals surface area contributed by atoms with Crippen LogP contribution in [-0.4, -0.2) is 23.1 Å². The first kappa shape index (κ1) is 10.8. The molecule has 0 amide bonds. The number of hydrogen-bond donors (Lipinski definition) is 1. The summed E-state index contributed by atoms with van der Waals surface area (Å²) in [5.41, 5.74) is 1.14. The third-order valence-corrected chi connectivity index (χ3v) is 3.19. The second kappa shape index (κ2) is 4.86. The maximum Gasteiger partial charge on any atom is 0.134 e. The van der Waals surface area contributed by atoms with E-state index in [9.17, 15) is 5.11 Å². The van der Waals surface area contributed by atoms with Gasteiger partial charge in [0.2, 0.25) is 0 Å². The van der Waals surface area contributed by atoms with Crippen molar-refractivity contribution in [2.75, 3.05) is 13.1 Å². The average Bonchev–Trinajstić information content (AvgIpc) is 2.25. The number of rotatable bonds is 2. The van der Waals surface area contributed by atoms with Gasteiger partial charge in [-0.05, 0) is 43.6 Å². The first-order chi connectivity index (χ1) is 7.25. The standard InChI is InChI=1S/C12H16ClNO/c13-11-5-4-10(8-12(11)15)9-14-6-2-1-3-7-14/h4-5,8,15H,1-3,6-7,9H2. The van der Waals surface area contributed by atoms with Crippen molar-refractivity contribution in [2.24, 2.45) is 0 Å². The number of likely N-dealkylation sites (tertiary alicyclic amines) is 1. The highest BCUT2D eigenvalue weighted by atomic mass is 35.5. The number of phenolic OH excluding ortho intramolecular Hbond substituents is 1. The molecule has 0 bridgehead atoms. The Morgan fingerprint density at radius 2 is 1.93 bits per heavy atom. The molecule has 0 radical (unpaired) electrons. The number of benzene rings is 1. The summed E-state index contributed by atoms with van der Waals surface area (Å²) in [5.74, 6) is 0.186. The normalized spacial score (nSPS) is 17.9. The van der Waals surface area contributed by atoms with Gasteiger partial charge in [0.25, 0.3) is 0 Å². The highest BCUT2D eigenvalue weighted by molar-refractivity contribution is 6.31. The van der Waals surface area contributed by atoms with Crippen LogP contribution in [0, 0.1) is 0 Å². The quantitative estimate of drug-likeness (QED) is 0.837. The largest absolute Gasteiger partial charge is 0.506 e. The van der Waals surface area contributed by atoms with E-state index in [4.69, 9.17) is 11.6 Å². The van der Waals surface area contributed by atoms with E-state index in [0.717, 1.165) is 12.1 Å². The highest BCUT2D eigenvalue weighted by Gasteiger charge is 2.10. The molecule has 1 aromatic carbocycles. The van der Waals surface area contributed by atoms with Gasteiger partial charge < -0.3 is 5.11 Å². The van der Waals surface area contributed by atoms with Crippen LogP contribution in [0.1, 0.15) is 24.8 Å². The number of aromatic hydroxyl groups is 1. The average molecular weight is 226 g/mol. The monoisotopic (exact) mass is 225 g/mol. The molecule has 1 heterocycles. The van der Waals surface area contributed by atoms with Gasteiger partial charge in [-0.15, -0.1) is 0 Å². The zero-order chi connectivity index (χ0) is 10.7. The number of halogens is 1. The van der Waals surface area contributed by atoms with Crippen molar-refractivity contribution in [1.82, 2.24) is 4.90 Å². The second-order valence-corrected chi connectivity index (χ2v) is 4.53. The van der Waals surface area contributed by atoms with Gasteiger partial charge in [-0.1, -0.05) is 24.1 Å². The third kappa shape index (κ3) is 2.86. The summed E-state index contributed by atoms with van der Waals surface area (Å²) in [5, 5.41) is 9.91. The molecule has 82 valence electrons. The van der Waals surface area contributed by atoms with E-state index in [1.807, 2.05) is 6.07 Å². The fourth-order valence-electron chi connectivity index (χ4n) is 2.03. The molecule has 1 saturated heterocycles. The Morgan fingerprint density at radius 1 is 1.20 bits per heavy atom. The van der Waals surface area contributed by atoms with Crippen LogP contribution in [0.3, 0.4) is 0 Å². The van der Waals surface area contributed by atoms with E-state index in [1.54, 1.807) is 12.1 Å². The first-order valence-corrected chi connectivity index (χ1v) is 5.83. The smallest absolute Gasteiger partial charge is 0.134 e. The van der Waals surface area contributed by atoms with Crippen molar-refractivity contribution in [3.8, 4) is 5.75 Å². The zero-order valence-corrected chi connectivity index (χ0v) is 9.50. The van der Waals surface area contributed by atoms with Crippen molar-refractivity contribution in [2.45, 2.75) is 25.8 Å². The van der Waals surface area contributed by atoms with E-state index in [-0.39, 0.29) is 5.75 Å². The summed E-state index contributed by atoms with van der Waals surface area (Å²) >= 11 is 5.76. The highest BCUT2D eigenvalue weighted by Crippen LogP contribution is 2.24. The summed E-state index contributed by atoms with van der Waals surface area (Å²) < 4.78 is 0. The summed E-state index contributed by atoms with van der Waals surface area (Å²) in [6.45, 7) is 3.26. The van der Waals surface area contributed by atoms with Crippen LogP contribution < -0.4 is 0 Å². The minimum atomic E-state index is 0.186. The van der Waals surface area contributed by atoms with Gasteiger partial charge in [0.15, 0.2) is 0 Å². The Hall–Kier alpha value is -0.730. The Labute approximate surface area is 95.5 Å². The molecular weight excluding hydrogens is 210 g/mol. The van der Waals surface area contributed by atoms with Gasteiger partial charge in [0, 0.05) is 6.54 Å². The van der Waals surface area contributed by atoms with Gasteiger partial charge in [0.1, 0.15) is 5.75 Å². The summed E-state index contributed by atoms with van der Waals surface area (Å²) in [4.78, 5) is 2.42. The van der Waals surface area contributed by atoms with E-state index < -0.39 is 0 Å². The molecule has 1 aliphatic heterocycles. The minimum Gasteiger partial charge on any atom is -0.506 e. The van der Waals surface area contributed by atoms with Crippen LogP contribution in [0.4, 0.5) is 0 Å². The van der Waals surface area contributed by atoms with Crippen molar-refractivity contribution in [3.63, 3.8) is 0 Å². The Kier molecular flexibility index (Phi) is 3.49. The fraction of sp³-hybridized carbons (Fsp3) is 0.500. The lowest BCUT2D eigenvalue weighted by Crippen LogP contribution is -2.28. The van der Waals surface area contributed by atoms with Gasteiger partial charge in [-0.3, -0.25) is 4.90 Å². The maximum atomic E-state index is 9.48. The van der Waals surface area contributed by atoms with Gasteiger partial charge in [-0.2, -0.15) is 0 Å². The molecule has 0 aromatic heterocycles. The van der Waals surface area contributed by atoms with Gasteiger partial charge in [0.05, 0.1) is 5.02 Å². The van der Waals surface area contributed by atoms with Crippen LogP contribution in [0.15, 0.2) is 18.2 Å². The summed E-state index contributed by atoms with van der Waals surface area (Å²) in [7, 11) is 0. The topological polar surface area (TPSA) is 23.5 Å². The third-order valence-electron chi connectivity index (χ3n) is 2.87. The predicted molar refractivity (Wildman–Crippen MR) is 62.2 cm³/mol. The zero-order valence-electron chi connectivity index (χ0n) is 8.75. The number of phenols is 1. The van der Waals surface area contributed by atoms with Crippen LogP contribution in [0.2, 0.25) is 5.02 Å². The van der Waals surface area contributed by atoms with Crippen molar-refractivity contribution in [3.05, 3.63) is 28.8 Å².